The normalized spacial score (nSPS) is 14.5. The number of benzene rings is 2. The first-order valence-corrected chi connectivity index (χ1v) is 16.5. The zero-order valence-corrected chi connectivity index (χ0v) is 30.7. The van der Waals surface area contributed by atoms with Gasteiger partial charge in [0, 0.05) is 11.1 Å². The fourth-order valence-electron chi connectivity index (χ4n) is 4.97. The summed E-state index contributed by atoms with van der Waals surface area (Å²) in [6.07, 6.45) is 0. The first-order valence-electron chi connectivity index (χ1n) is 14.9. The molecule has 1 nitrogen and oxygen atoms in total. The van der Waals surface area contributed by atoms with E-state index in [9.17, 15) is 0 Å². The Kier molecular flexibility index (Phi) is 9.67. The van der Waals surface area contributed by atoms with E-state index < -0.39 is 7.70 Å². The van der Waals surface area contributed by atoms with E-state index >= 15 is 0 Å². The van der Waals surface area contributed by atoms with Crippen LogP contribution in [0.3, 0.4) is 0 Å². The molecule has 3 heteroatoms. The van der Waals surface area contributed by atoms with Gasteiger partial charge < -0.3 is 16.7 Å². The maximum absolute atomic E-state index is 6.75. The summed E-state index contributed by atoms with van der Waals surface area (Å²) in [5.41, 5.74) is 8.79. The van der Waals surface area contributed by atoms with Gasteiger partial charge in [-0.2, -0.15) is 5.26 Å². The fourth-order valence-corrected chi connectivity index (χ4v) is 7.23. The Hall–Kier alpha value is -1.30. The first-order chi connectivity index (χ1) is 17.6. The summed E-state index contributed by atoms with van der Waals surface area (Å²) in [5.74, 6) is 0. The van der Waals surface area contributed by atoms with E-state index in [2.05, 4.69) is 154 Å². The lowest BCUT2D eigenvalue weighted by molar-refractivity contribution is 0.551. The molecule has 0 aromatic heterocycles. The molecule has 224 valence electrons. The van der Waals surface area contributed by atoms with Crippen molar-refractivity contribution in [3.8, 4) is 0 Å². The third-order valence-corrected chi connectivity index (χ3v) is 9.62. The predicted molar refractivity (Wildman–Crippen MR) is 186 cm³/mol. The molecule has 1 unspecified atom stereocenters. The monoisotopic (exact) mass is 582 g/mol. The van der Waals surface area contributed by atoms with Gasteiger partial charge in [0.05, 0.1) is 0 Å². The summed E-state index contributed by atoms with van der Waals surface area (Å²) in [4.78, 5) is 0. The number of rotatable bonds is 3. The van der Waals surface area contributed by atoms with Gasteiger partial charge in [-0.05, 0) is 43.6 Å². The van der Waals surface area contributed by atoms with E-state index in [-0.39, 0.29) is 32.5 Å². The smallest absolute Gasteiger partial charge is 0.112 e. The van der Waals surface area contributed by atoms with Crippen LogP contribution >= 0.6 is 19.3 Å². The third-order valence-electron chi connectivity index (χ3n) is 7.68. The molecule has 40 heavy (non-hydrogen) atoms. The Bertz CT molecular complexity index is 1180. The highest BCUT2D eigenvalue weighted by Crippen LogP contribution is 2.53. The van der Waals surface area contributed by atoms with Crippen molar-refractivity contribution in [3.05, 3.63) is 62.7 Å². The van der Waals surface area contributed by atoms with Crippen LogP contribution in [0, 0.1) is 0 Å². The molecule has 0 radical (unpaired) electrons. The Morgan fingerprint density at radius 2 is 0.750 bits per heavy atom. The van der Waals surface area contributed by atoms with Crippen LogP contribution in [0.15, 0.2) is 24.3 Å². The topological polar surface area (TPSA) is 14.1 Å². The molecule has 0 aliphatic rings. The number of hydrogen-bond donors (Lipinski definition) is 0. The summed E-state index contributed by atoms with van der Waals surface area (Å²) in [6.45, 7) is 41.5. The van der Waals surface area contributed by atoms with Crippen molar-refractivity contribution in [3.63, 3.8) is 0 Å². The summed E-state index contributed by atoms with van der Waals surface area (Å²) in [6, 6.07) is 9.63. The second kappa shape index (κ2) is 11.1. The molecule has 0 amide bonds. The zero-order chi connectivity index (χ0) is 31.4. The van der Waals surface area contributed by atoms with Crippen molar-refractivity contribution in [1.82, 2.24) is 0 Å². The fraction of sp³-hybridized carbons (Fsp3) is 0.649. The molecule has 2 rings (SSSR count). The molecule has 0 fully saturated rings. The quantitative estimate of drug-likeness (QED) is 0.252. The molecule has 0 heterocycles. The molecule has 0 saturated heterocycles. The molecule has 1 atom stereocenters. The first kappa shape index (κ1) is 34.9. The SMILES string of the molecule is CC(C)(C)c1cc(C(C)(C)C)c([N-][P+](=[C-]Cl)c2c(C(C)(C)C)cc(C(C)(C)C)cc2C(C)(C)C)c(C(C)(C)C)c1. The van der Waals surface area contributed by atoms with Gasteiger partial charge in [-0.25, -0.2) is 0 Å². The third kappa shape index (κ3) is 7.95. The van der Waals surface area contributed by atoms with Crippen LogP contribution in [0.4, 0.5) is 5.69 Å². The molecule has 2 aromatic carbocycles. The molecular weight excluding hydrogens is 525 g/mol. The largest absolute Gasteiger partial charge is 0.498 e. The highest BCUT2D eigenvalue weighted by molar-refractivity contribution is 7.70. The Morgan fingerprint density at radius 1 is 0.475 bits per heavy atom. The van der Waals surface area contributed by atoms with E-state index in [1.54, 1.807) is 0 Å². The Labute approximate surface area is 254 Å². The molecule has 2 aromatic rings. The lowest BCUT2D eigenvalue weighted by Gasteiger charge is -2.40. The van der Waals surface area contributed by atoms with Gasteiger partial charge in [0.15, 0.2) is 0 Å². The van der Waals surface area contributed by atoms with Crippen LogP contribution in [-0.4, -0.2) is 5.26 Å². The van der Waals surface area contributed by atoms with E-state index in [0.717, 1.165) is 5.69 Å². The minimum atomic E-state index is -1.27. The van der Waals surface area contributed by atoms with Crippen molar-refractivity contribution >= 4 is 35.5 Å². The highest BCUT2D eigenvalue weighted by atomic mass is 35.5. The maximum atomic E-state index is 6.75. The molecule has 0 spiro atoms. The highest BCUT2D eigenvalue weighted by Gasteiger charge is 2.33. The van der Waals surface area contributed by atoms with Crippen LogP contribution in [0.2, 0.25) is 0 Å². The van der Waals surface area contributed by atoms with Crippen LogP contribution in [0.1, 0.15) is 158 Å². The number of nitrogens with zero attached hydrogens (tertiary/aromatic N) is 1. The summed E-state index contributed by atoms with van der Waals surface area (Å²) < 4.78 is 0. The summed E-state index contributed by atoms with van der Waals surface area (Å²) in [7, 11) is -1.27. The Morgan fingerprint density at radius 3 is 0.975 bits per heavy atom. The minimum Gasteiger partial charge on any atom is -0.498 e. The minimum absolute atomic E-state index is 0.0361. The van der Waals surface area contributed by atoms with Crippen molar-refractivity contribution < 1.29 is 0 Å². The average Bonchev–Trinajstić information content (AvgIpc) is 2.72. The van der Waals surface area contributed by atoms with Crippen LogP contribution in [0.5, 0.6) is 0 Å². The van der Waals surface area contributed by atoms with Crippen LogP contribution < -0.4 is 5.30 Å². The zero-order valence-electron chi connectivity index (χ0n) is 29.1. The lowest BCUT2D eigenvalue weighted by Crippen LogP contribution is -2.31. The van der Waals surface area contributed by atoms with Crippen molar-refractivity contribution in [1.29, 1.82) is 0 Å². The Balaban J connectivity index is 3.09. The molecular formula is C37H58ClNP-. The van der Waals surface area contributed by atoms with Gasteiger partial charge in [0.1, 0.15) is 5.30 Å². The van der Waals surface area contributed by atoms with Gasteiger partial charge in [0.2, 0.25) is 0 Å². The summed E-state index contributed by atoms with van der Waals surface area (Å²) >= 11 is 6.75. The van der Waals surface area contributed by atoms with E-state index in [1.165, 1.54) is 38.7 Å². The van der Waals surface area contributed by atoms with Crippen molar-refractivity contribution in [2.75, 3.05) is 0 Å². The van der Waals surface area contributed by atoms with Gasteiger partial charge in [-0.15, -0.1) is 7.70 Å². The number of halogens is 1. The lowest BCUT2D eigenvalue weighted by atomic mass is 9.74. The van der Waals surface area contributed by atoms with Gasteiger partial charge >= 0.3 is 0 Å². The second-order valence-electron chi connectivity index (χ2n) is 17.8. The molecule has 0 N–H and O–H groups in total. The molecule has 0 aliphatic heterocycles. The molecule has 0 saturated carbocycles. The van der Waals surface area contributed by atoms with E-state index in [0.29, 0.717) is 0 Å². The van der Waals surface area contributed by atoms with Crippen molar-refractivity contribution in [2.45, 2.75) is 157 Å². The predicted octanol–water partition coefficient (Wildman–Crippen LogP) is 12.1. The van der Waals surface area contributed by atoms with Crippen LogP contribution in [0.25, 0.3) is 5.09 Å². The van der Waals surface area contributed by atoms with Gasteiger partial charge in [-0.1, -0.05) is 166 Å². The maximum Gasteiger partial charge on any atom is 0.112 e. The second-order valence-corrected chi connectivity index (χ2v) is 19.8. The van der Waals surface area contributed by atoms with Crippen molar-refractivity contribution in [2.24, 2.45) is 0 Å². The number of hydrogen-bond acceptors (Lipinski definition) is 0. The van der Waals surface area contributed by atoms with Crippen LogP contribution in [-0.2, 0) is 32.5 Å². The van der Waals surface area contributed by atoms with E-state index in [1.807, 2.05) is 0 Å². The molecule has 0 bridgehead atoms. The average molecular weight is 583 g/mol. The van der Waals surface area contributed by atoms with Gasteiger partial charge in [0.25, 0.3) is 0 Å². The standard InChI is InChI=1S/C37H58ClNP/c1-32(2,3)24-19-26(34(7,8)9)30(27(20-24)35(10,11)12)39-40(23-38)31-28(36(13,14)15)21-25(33(4,5)6)22-29(31)37(16,17)18/h19-22H,1-18H3/q-1. The molecule has 0 aliphatic carbocycles. The van der Waals surface area contributed by atoms with Gasteiger partial charge in [-0.3, -0.25) is 0 Å². The summed E-state index contributed by atoms with van der Waals surface area (Å²) in [5, 5.41) is 10.1. The van der Waals surface area contributed by atoms with E-state index in [4.69, 9.17) is 16.7 Å².